The Hall–Kier alpha value is -4.49. The molecular weight excluding hydrogens is 491 g/mol. The lowest BCUT2D eigenvalue weighted by atomic mass is 10.0. The number of anilines is 2. The van der Waals surface area contributed by atoms with Crippen LogP contribution in [0.15, 0.2) is 48.7 Å². The van der Waals surface area contributed by atoms with Crippen LogP contribution in [0.1, 0.15) is 32.8 Å². The van der Waals surface area contributed by atoms with Gasteiger partial charge in [-0.15, -0.1) is 10.2 Å². The number of benzene rings is 1. The van der Waals surface area contributed by atoms with Crippen molar-refractivity contribution in [3.63, 3.8) is 0 Å². The molecule has 0 saturated carbocycles. The number of halogens is 5. The number of rotatable bonds is 4. The van der Waals surface area contributed by atoms with Gasteiger partial charge in [0.15, 0.2) is 23.1 Å². The first-order valence-corrected chi connectivity index (χ1v) is 10.3. The SMILES string of the molecule is O=C(Nc1ccccn1)c1ccc(N2CCCN(C(=O)c3cc(F)c(F)cc3C(F)(F)F)C2=O)nn1. The van der Waals surface area contributed by atoms with Crippen molar-refractivity contribution in [3.8, 4) is 0 Å². The molecule has 0 atom stereocenters. The molecule has 4 rings (SSSR count). The second kappa shape index (κ2) is 9.64. The van der Waals surface area contributed by atoms with E-state index in [0.717, 1.165) is 4.90 Å². The third-order valence-electron chi connectivity index (χ3n) is 5.13. The van der Waals surface area contributed by atoms with Gasteiger partial charge >= 0.3 is 12.2 Å². The van der Waals surface area contributed by atoms with Crippen molar-refractivity contribution < 1.29 is 36.3 Å². The predicted molar refractivity (Wildman–Crippen MR) is 114 cm³/mol. The first-order chi connectivity index (χ1) is 17.1. The number of alkyl halides is 3. The molecule has 1 aliphatic rings. The highest BCUT2D eigenvalue weighted by atomic mass is 19.4. The van der Waals surface area contributed by atoms with Gasteiger partial charge in [0, 0.05) is 19.3 Å². The number of hydrogen-bond donors (Lipinski definition) is 1. The maximum absolute atomic E-state index is 13.7. The molecule has 0 aliphatic carbocycles. The van der Waals surface area contributed by atoms with Crippen LogP contribution in [0.4, 0.5) is 38.4 Å². The average molecular weight is 506 g/mol. The highest BCUT2D eigenvalue weighted by Gasteiger charge is 2.40. The summed E-state index contributed by atoms with van der Waals surface area (Å²) in [7, 11) is 0. The van der Waals surface area contributed by atoms with Crippen molar-refractivity contribution in [2.24, 2.45) is 0 Å². The summed E-state index contributed by atoms with van der Waals surface area (Å²) >= 11 is 0. The topological polar surface area (TPSA) is 108 Å². The van der Waals surface area contributed by atoms with Crippen LogP contribution in [0.3, 0.4) is 0 Å². The Bertz CT molecular complexity index is 1320. The van der Waals surface area contributed by atoms with Gasteiger partial charge in [-0.25, -0.2) is 18.6 Å². The van der Waals surface area contributed by atoms with Crippen LogP contribution >= 0.6 is 0 Å². The molecule has 14 heteroatoms. The van der Waals surface area contributed by atoms with Gasteiger partial charge in [-0.05, 0) is 42.8 Å². The fourth-order valence-corrected chi connectivity index (χ4v) is 3.44. The standard InChI is InChI=1S/C22H15F5N6O3/c23-14-10-12(13(11-15(14)24)22(25,26)27)20(35)33-9-3-8-32(21(33)36)18-6-5-16(30-31-18)19(34)29-17-4-1-2-7-28-17/h1-2,4-7,10-11H,3,8-9H2,(H,28,29,34). The zero-order chi connectivity index (χ0) is 26.0. The molecule has 0 spiro atoms. The average Bonchev–Trinajstić information content (AvgIpc) is 2.85. The molecule has 1 saturated heterocycles. The largest absolute Gasteiger partial charge is 0.417 e. The van der Waals surface area contributed by atoms with Crippen LogP contribution in [-0.2, 0) is 6.18 Å². The maximum atomic E-state index is 13.7. The van der Waals surface area contributed by atoms with Gasteiger partial charge in [0.25, 0.3) is 11.8 Å². The summed E-state index contributed by atoms with van der Waals surface area (Å²) in [4.78, 5) is 43.5. The van der Waals surface area contributed by atoms with E-state index in [-0.39, 0.29) is 49.0 Å². The summed E-state index contributed by atoms with van der Waals surface area (Å²) < 4.78 is 67.2. The summed E-state index contributed by atoms with van der Waals surface area (Å²) in [6.07, 6.45) is -3.56. The van der Waals surface area contributed by atoms with Crippen molar-refractivity contribution in [1.82, 2.24) is 20.1 Å². The molecule has 3 aromatic rings. The number of nitrogens with zero attached hydrogens (tertiary/aromatic N) is 5. The number of carbonyl (C=O) groups excluding carboxylic acids is 3. The second-order valence-corrected chi connectivity index (χ2v) is 7.50. The molecule has 1 fully saturated rings. The van der Waals surface area contributed by atoms with E-state index in [1.54, 1.807) is 18.2 Å². The molecule has 3 heterocycles. The Balaban J connectivity index is 1.55. The smallest absolute Gasteiger partial charge is 0.305 e. The zero-order valence-electron chi connectivity index (χ0n) is 18.1. The molecule has 1 N–H and O–H groups in total. The van der Waals surface area contributed by atoms with Crippen molar-refractivity contribution in [3.05, 3.63) is 77.1 Å². The van der Waals surface area contributed by atoms with Gasteiger partial charge in [0.2, 0.25) is 0 Å². The third kappa shape index (κ3) is 4.96. The Morgan fingerprint density at radius 3 is 2.36 bits per heavy atom. The van der Waals surface area contributed by atoms with Crippen molar-refractivity contribution in [1.29, 1.82) is 0 Å². The molecule has 4 amide bonds. The normalized spacial score (nSPS) is 14.1. The van der Waals surface area contributed by atoms with E-state index < -0.39 is 46.8 Å². The fourth-order valence-electron chi connectivity index (χ4n) is 3.44. The van der Waals surface area contributed by atoms with E-state index in [2.05, 4.69) is 20.5 Å². The summed E-state index contributed by atoms with van der Waals surface area (Å²) in [5, 5.41) is 10.1. The lowest BCUT2D eigenvalue weighted by Crippen LogP contribution is -2.52. The molecular formula is C22H15F5N6O3. The minimum Gasteiger partial charge on any atom is -0.305 e. The Morgan fingerprint density at radius 1 is 0.972 bits per heavy atom. The van der Waals surface area contributed by atoms with E-state index in [9.17, 15) is 36.3 Å². The number of pyridine rings is 1. The number of urea groups is 1. The van der Waals surface area contributed by atoms with Crippen LogP contribution in [0, 0.1) is 11.6 Å². The lowest BCUT2D eigenvalue weighted by Gasteiger charge is -2.33. The minimum atomic E-state index is -5.17. The highest BCUT2D eigenvalue weighted by Crippen LogP contribution is 2.34. The second-order valence-electron chi connectivity index (χ2n) is 7.50. The Morgan fingerprint density at radius 2 is 1.72 bits per heavy atom. The molecule has 1 aromatic carbocycles. The number of nitrogens with one attached hydrogen (secondary N) is 1. The van der Waals surface area contributed by atoms with E-state index in [4.69, 9.17) is 0 Å². The number of aromatic nitrogens is 3. The minimum absolute atomic E-state index is 0.0423. The number of hydrogen-bond acceptors (Lipinski definition) is 6. The molecule has 0 bridgehead atoms. The molecule has 9 nitrogen and oxygen atoms in total. The first-order valence-electron chi connectivity index (χ1n) is 10.3. The Kier molecular flexibility index (Phi) is 6.59. The lowest BCUT2D eigenvalue weighted by molar-refractivity contribution is -0.138. The molecule has 1 aliphatic heterocycles. The molecule has 36 heavy (non-hydrogen) atoms. The predicted octanol–water partition coefficient (Wildman–Crippen LogP) is 3.89. The monoisotopic (exact) mass is 506 g/mol. The summed E-state index contributed by atoms with van der Waals surface area (Å²) in [5.41, 5.74) is -3.03. The molecule has 0 radical (unpaired) electrons. The first kappa shape index (κ1) is 24.6. The van der Waals surface area contributed by atoms with Gasteiger partial charge in [0.05, 0.1) is 11.1 Å². The summed E-state index contributed by atoms with van der Waals surface area (Å²) in [6, 6.07) is 6.33. The highest BCUT2D eigenvalue weighted by molar-refractivity contribution is 6.10. The van der Waals surface area contributed by atoms with Gasteiger partial charge in [-0.2, -0.15) is 13.2 Å². The summed E-state index contributed by atoms with van der Waals surface area (Å²) in [5.74, 6) is -5.34. The number of carbonyl (C=O) groups is 3. The number of amides is 4. The van der Waals surface area contributed by atoms with Crippen LogP contribution in [0.2, 0.25) is 0 Å². The molecule has 0 unspecified atom stereocenters. The number of imide groups is 1. The summed E-state index contributed by atoms with van der Waals surface area (Å²) in [6.45, 7) is -0.219. The molecule has 186 valence electrons. The zero-order valence-corrected chi connectivity index (χ0v) is 18.1. The van der Waals surface area contributed by atoms with Crippen LogP contribution < -0.4 is 10.2 Å². The van der Waals surface area contributed by atoms with Crippen molar-refractivity contribution in [2.45, 2.75) is 12.6 Å². The van der Waals surface area contributed by atoms with Crippen molar-refractivity contribution >= 4 is 29.5 Å². The van der Waals surface area contributed by atoms with Gasteiger partial charge in [0.1, 0.15) is 5.82 Å². The van der Waals surface area contributed by atoms with Crippen LogP contribution in [0.5, 0.6) is 0 Å². The van der Waals surface area contributed by atoms with Gasteiger partial charge in [-0.3, -0.25) is 19.4 Å². The Labute approximate surface area is 199 Å². The van der Waals surface area contributed by atoms with E-state index >= 15 is 0 Å². The van der Waals surface area contributed by atoms with E-state index in [1.165, 1.54) is 18.3 Å². The van der Waals surface area contributed by atoms with Crippen molar-refractivity contribution in [2.75, 3.05) is 23.3 Å². The van der Waals surface area contributed by atoms with E-state index in [1.807, 2.05) is 0 Å². The van der Waals surface area contributed by atoms with Crippen LogP contribution in [0.25, 0.3) is 0 Å². The fraction of sp³-hybridized carbons (Fsp3) is 0.182. The van der Waals surface area contributed by atoms with Gasteiger partial charge in [-0.1, -0.05) is 6.07 Å². The van der Waals surface area contributed by atoms with Crippen LogP contribution in [-0.4, -0.2) is 51.0 Å². The van der Waals surface area contributed by atoms with Gasteiger partial charge < -0.3 is 5.32 Å². The molecule has 2 aromatic heterocycles. The quantitative estimate of drug-likeness (QED) is 0.538. The van der Waals surface area contributed by atoms with E-state index in [0.29, 0.717) is 4.90 Å². The third-order valence-corrected chi connectivity index (χ3v) is 5.13. The maximum Gasteiger partial charge on any atom is 0.417 e.